The molecule has 0 spiro atoms. The zero-order valence-corrected chi connectivity index (χ0v) is 69.3. The zero-order chi connectivity index (χ0) is 80.4. The molecule has 8 aromatic carbocycles. The van der Waals surface area contributed by atoms with Gasteiger partial charge in [0.2, 0.25) is 0 Å². The molecule has 0 aliphatic heterocycles. The molecule has 5 nitrogen and oxygen atoms in total. The first-order valence-electron chi connectivity index (χ1n) is 39.3. The Kier molecular flexibility index (Phi) is 22.8. The normalized spacial score (nSPS) is 23.2. The van der Waals surface area contributed by atoms with Crippen LogP contribution in [0.15, 0.2) is 321 Å². The molecule has 8 aliphatic carbocycles. The molecule has 21 rings (SSSR count). The van der Waals surface area contributed by atoms with Crippen LogP contribution in [0.5, 0.6) is 0 Å². The fourth-order valence-electron chi connectivity index (χ4n) is 21.7. The van der Waals surface area contributed by atoms with Gasteiger partial charge in [0, 0.05) is 133 Å². The molecule has 13 aromatic rings. The average Bonchev–Trinajstić information content (AvgIpc) is 0.671. The molecule has 0 unspecified atom stereocenters. The molecule has 8 heteroatoms. The fraction of sp³-hybridized carbons (Fsp3) is 0.183. The van der Waals surface area contributed by atoms with Crippen molar-refractivity contribution in [3.05, 3.63) is 432 Å². The van der Waals surface area contributed by atoms with Crippen molar-refractivity contribution in [1.29, 1.82) is 0 Å². The van der Waals surface area contributed by atoms with E-state index in [2.05, 4.69) is 319 Å². The summed E-state index contributed by atoms with van der Waals surface area (Å²) in [7, 11) is 0. The van der Waals surface area contributed by atoms with Crippen molar-refractivity contribution < 1.29 is 12.8 Å². The SMILES string of the molecule is Brc1ccncc1.C#Cc1ccc(C23CC4(c5ccc(C#C)cc5)CC(c5ccc(C#C)cc5)(C2)CC(c2ccc(C#C)cc2)(C3)C4)cc1.C(#Cc1ccc(C23CC4(c5ccc(C#Cc6ccncc6)cc5)CC(c5ccc(C#Cc6ccncc6)cc5)(C2)CC(c2ccc(C#Cc5ccncc5)cc2)(C3)C4)cc1)c1ccncc1.[Cu][I]. The first-order chi connectivity index (χ1) is 57.2. The molecule has 8 fully saturated rings. The van der Waals surface area contributed by atoms with Crippen molar-refractivity contribution in [2.45, 2.75) is 120 Å². The van der Waals surface area contributed by atoms with Crippen LogP contribution >= 0.6 is 36.3 Å². The molecular formula is C109H80BrCuIN5. The number of halogens is 2. The van der Waals surface area contributed by atoms with E-state index < -0.39 is 0 Å². The van der Waals surface area contributed by atoms with Gasteiger partial charge in [-0.2, -0.15) is 0 Å². The Morgan fingerprint density at radius 3 is 0.436 bits per heavy atom. The molecule has 8 aliphatic rings. The van der Waals surface area contributed by atoms with Crippen LogP contribution in [-0.4, -0.2) is 24.9 Å². The van der Waals surface area contributed by atoms with E-state index in [0.717, 1.165) is 148 Å². The van der Waals surface area contributed by atoms with E-state index in [1.54, 1.807) is 82.3 Å². The maximum absolute atomic E-state index is 5.78. The Labute approximate surface area is 717 Å². The van der Waals surface area contributed by atoms with Gasteiger partial charge in [-0.1, -0.05) is 184 Å². The molecule has 8 bridgehead atoms. The Bertz CT molecular complexity index is 5400. The second-order valence-electron chi connectivity index (χ2n) is 32.7. The summed E-state index contributed by atoms with van der Waals surface area (Å²) < 4.78 is 1.07. The second-order valence-corrected chi connectivity index (χ2v) is 33.6. The zero-order valence-electron chi connectivity index (χ0n) is 64.6. The van der Waals surface area contributed by atoms with Gasteiger partial charge in [0.1, 0.15) is 0 Å². The number of aromatic nitrogens is 5. The number of rotatable bonds is 8. The summed E-state index contributed by atoms with van der Waals surface area (Å²) in [5, 5.41) is 0. The van der Waals surface area contributed by atoms with Gasteiger partial charge in [0.05, 0.1) is 0 Å². The number of hydrogen-bond donors (Lipinski definition) is 0. The number of hydrogen-bond acceptors (Lipinski definition) is 5. The van der Waals surface area contributed by atoms with Crippen LogP contribution in [0.4, 0.5) is 0 Å². The molecule has 566 valence electrons. The quantitative estimate of drug-likeness (QED) is 0.0862. The Hall–Kier alpha value is -12.3. The fourth-order valence-corrected chi connectivity index (χ4v) is 21.9. The van der Waals surface area contributed by atoms with E-state index in [0.29, 0.717) is 0 Å². The van der Waals surface area contributed by atoms with Crippen molar-refractivity contribution in [3.8, 4) is 96.7 Å². The Balaban J connectivity index is 0.000000171. The van der Waals surface area contributed by atoms with Gasteiger partial charge in [-0.25, -0.2) is 0 Å². The van der Waals surface area contributed by atoms with Gasteiger partial charge in [-0.3, -0.25) is 24.9 Å². The Morgan fingerprint density at radius 1 is 0.197 bits per heavy atom. The second kappa shape index (κ2) is 33.9. The van der Waals surface area contributed by atoms with Crippen molar-refractivity contribution in [3.63, 3.8) is 0 Å². The summed E-state index contributed by atoms with van der Waals surface area (Å²) in [5.74, 6) is 38.3. The standard InChI is InChI=1S/C62H44N4.C42H32.C5H4BrN.Cu.HI/c1(5-51-25-33-63-34-26-51)47-9-17-55(18-10-47)59-41-60(56-19-11-48(12-20-56)2-6-52-27-35-64-36-28-52)44-61(42-59,57-21-13-49(14-22-57)3-7-53-29-37-65-38-30-53)46-62(43-59,45-60)58-23-15-50(16-24-58)4-8-54-31-39-66-40-32-54;1-5-31-9-17-35(18-10-31)39-25-40(36-19-11-32(6-2)12-20-36)28-41(26-39,37-21-13-33(7-3)14-22-37)30-42(27-39,29-40)38-23-15-34(8-4)16-24-38;6-5-1-3-7-4-2-5;;/h9-40H,41-46H2;1-4,9-24H,25-30H2;1-4H;;1H/q;;;+1;/p-1. The minimum atomic E-state index is -0.106. The molecule has 0 radical (unpaired) electrons. The molecule has 5 aromatic heterocycles. The molecular weight excluding hydrogens is 1650 g/mol. The van der Waals surface area contributed by atoms with Gasteiger partial charge in [-0.15, -0.1) is 25.7 Å². The van der Waals surface area contributed by atoms with E-state index in [1.165, 1.54) is 44.5 Å². The number of terminal acetylenes is 4. The first kappa shape index (κ1) is 78.6. The van der Waals surface area contributed by atoms with Gasteiger partial charge in [-0.05, 0) is 323 Å². The third-order valence-corrected chi connectivity index (χ3v) is 26.1. The molecule has 117 heavy (non-hydrogen) atoms. The van der Waals surface area contributed by atoms with E-state index in [4.69, 9.17) is 25.7 Å². The number of nitrogens with zero attached hydrogens (tertiary/aromatic N) is 5. The predicted molar refractivity (Wildman–Crippen MR) is 479 cm³/mol. The minimum absolute atomic E-state index is 0.0256. The van der Waals surface area contributed by atoms with Gasteiger partial charge >= 0.3 is 33.1 Å². The van der Waals surface area contributed by atoms with Crippen LogP contribution in [-0.2, 0) is 56.1 Å². The molecule has 0 saturated heterocycles. The third kappa shape index (κ3) is 16.4. The van der Waals surface area contributed by atoms with Crippen molar-refractivity contribution >= 4 is 36.3 Å². The summed E-state index contributed by atoms with van der Waals surface area (Å²) in [6, 6.07) is 91.6. The van der Waals surface area contributed by atoms with Crippen LogP contribution in [0.3, 0.4) is 0 Å². The summed E-state index contributed by atoms with van der Waals surface area (Å²) in [5.41, 5.74) is 22.2. The molecule has 5 heterocycles. The van der Waals surface area contributed by atoms with Gasteiger partial charge in [0.25, 0.3) is 0 Å². The van der Waals surface area contributed by atoms with E-state index in [9.17, 15) is 0 Å². The Morgan fingerprint density at radius 2 is 0.316 bits per heavy atom. The van der Waals surface area contributed by atoms with Gasteiger partial charge < -0.3 is 0 Å². The third-order valence-electron chi connectivity index (χ3n) is 25.5. The van der Waals surface area contributed by atoms with E-state index in [-0.39, 0.29) is 43.3 Å². The molecule has 0 atom stereocenters. The van der Waals surface area contributed by atoms with Crippen LogP contribution < -0.4 is 0 Å². The van der Waals surface area contributed by atoms with Gasteiger partial charge in [0.15, 0.2) is 0 Å². The van der Waals surface area contributed by atoms with E-state index >= 15 is 0 Å². The van der Waals surface area contributed by atoms with Crippen LogP contribution in [0.25, 0.3) is 0 Å². The number of benzene rings is 8. The number of pyridine rings is 5. The summed E-state index contributed by atoms with van der Waals surface area (Å²) in [6.45, 7) is 0. The van der Waals surface area contributed by atoms with E-state index in [1.807, 2.05) is 60.7 Å². The van der Waals surface area contributed by atoms with Crippen molar-refractivity contribution in [2.24, 2.45) is 0 Å². The van der Waals surface area contributed by atoms with Crippen LogP contribution in [0.2, 0.25) is 0 Å². The summed E-state index contributed by atoms with van der Waals surface area (Å²) in [4.78, 5) is 20.5. The van der Waals surface area contributed by atoms with Crippen molar-refractivity contribution in [1.82, 2.24) is 24.9 Å². The first-order valence-corrected chi connectivity index (χ1v) is 43.1. The maximum atomic E-state index is 5.78. The van der Waals surface area contributed by atoms with Crippen LogP contribution in [0, 0.1) is 96.7 Å². The topological polar surface area (TPSA) is 64.5 Å². The average molecular weight is 1730 g/mol. The monoisotopic (exact) mass is 1730 g/mol. The van der Waals surface area contributed by atoms with Crippen molar-refractivity contribution in [2.75, 3.05) is 0 Å². The molecule has 8 saturated carbocycles. The summed E-state index contributed by atoms with van der Waals surface area (Å²) >= 11 is 9.14. The van der Waals surface area contributed by atoms with Crippen LogP contribution in [0.1, 0.15) is 188 Å². The predicted octanol–water partition coefficient (Wildman–Crippen LogP) is 22.1. The molecule has 0 amide bonds. The summed E-state index contributed by atoms with van der Waals surface area (Å²) in [6.07, 6.45) is 53.9. The molecule has 0 N–H and O–H groups in total.